The highest BCUT2D eigenvalue weighted by molar-refractivity contribution is 9.10. The molecule has 0 spiro atoms. The van der Waals surface area contributed by atoms with Gasteiger partial charge in [-0.25, -0.2) is 4.98 Å². The number of H-pyrrole nitrogens is 1. The summed E-state index contributed by atoms with van der Waals surface area (Å²) in [6, 6.07) is 15.2. The minimum Gasteiger partial charge on any atom is -0.395 e. The molecular formula is C16H11BrClN3S. The fraction of sp³-hybridized carbons (Fsp3) is 0. The van der Waals surface area contributed by atoms with Gasteiger partial charge in [0, 0.05) is 20.6 Å². The molecule has 1 aromatic heterocycles. The van der Waals surface area contributed by atoms with Crippen LogP contribution in [-0.4, -0.2) is 9.97 Å². The summed E-state index contributed by atoms with van der Waals surface area (Å²) in [5.41, 5.74) is 10.1. The Bertz CT molecular complexity index is 804. The normalized spacial score (nSPS) is 10.6. The van der Waals surface area contributed by atoms with Crippen LogP contribution in [0.4, 0.5) is 5.69 Å². The van der Waals surface area contributed by atoms with Crippen LogP contribution in [0.15, 0.2) is 53.0 Å². The van der Waals surface area contributed by atoms with Crippen molar-refractivity contribution in [2.24, 2.45) is 0 Å². The fourth-order valence-electron chi connectivity index (χ4n) is 2.15. The van der Waals surface area contributed by atoms with Gasteiger partial charge in [0.05, 0.1) is 17.1 Å². The number of aromatic nitrogens is 2. The van der Waals surface area contributed by atoms with Gasteiger partial charge in [-0.15, -0.1) is 0 Å². The molecule has 0 aliphatic rings. The molecule has 3 rings (SSSR count). The molecule has 0 atom stereocenters. The van der Waals surface area contributed by atoms with E-state index in [9.17, 15) is 0 Å². The summed E-state index contributed by atoms with van der Waals surface area (Å²) in [6.07, 6.45) is 0. The van der Waals surface area contributed by atoms with Gasteiger partial charge in [-0.05, 0) is 36.5 Å². The van der Waals surface area contributed by atoms with E-state index in [0.717, 1.165) is 21.3 Å². The number of rotatable bonds is 2. The second kappa shape index (κ2) is 6.20. The first kappa shape index (κ1) is 15.2. The number of aromatic amines is 1. The molecule has 2 aromatic carbocycles. The highest BCUT2D eigenvalue weighted by atomic mass is 79.9. The van der Waals surface area contributed by atoms with Crippen LogP contribution in [0.2, 0.25) is 5.02 Å². The summed E-state index contributed by atoms with van der Waals surface area (Å²) in [6.45, 7) is 0. The van der Waals surface area contributed by atoms with Crippen molar-refractivity contribution in [3.63, 3.8) is 0 Å². The van der Waals surface area contributed by atoms with Gasteiger partial charge in [0.2, 0.25) is 0 Å². The lowest BCUT2D eigenvalue weighted by Gasteiger charge is -2.11. The van der Waals surface area contributed by atoms with E-state index in [4.69, 9.17) is 29.6 Å². The molecule has 3 N–H and O–H groups in total. The van der Waals surface area contributed by atoms with E-state index < -0.39 is 0 Å². The van der Waals surface area contributed by atoms with Crippen LogP contribution >= 0.6 is 39.7 Å². The average molecular weight is 393 g/mol. The Kier molecular flexibility index (Phi) is 4.29. The van der Waals surface area contributed by atoms with Crippen molar-refractivity contribution >= 4 is 45.4 Å². The summed E-state index contributed by atoms with van der Waals surface area (Å²) in [5.74, 6) is 0. The summed E-state index contributed by atoms with van der Waals surface area (Å²) in [4.78, 5) is 7.43. The van der Waals surface area contributed by atoms with Crippen LogP contribution < -0.4 is 5.73 Å². The number of hydrogen-bond acceptors (Lipinski definition) is 3. The maximum absolute atomic E-state index is 6.31. The van der Waals surface area contributed by atoms with Gasteiger partial charge in [0.15, 0.2) is 4.77 Å². The summed E-state index contributed by atoms with van der Waals surface area (Å²) in [7, 11) is 0. The van der Waals surface area contributed by atoms with Gasteiger partial charge in [-0.1, -0.05) is 51.8 Å². The summed E-state index contributed by atoms with van der Waals surface area (Å²) >= 11 is 14.6. The Hall–Kier alpha value is -1.69. The minimum atomic E-state index is 0.386. The van der Waals surface area contributed by atoms with E-state index in [1.807, 2.05) is 48.5 Å². The van der Waals surface area contributed by atoms with Crippen LogP contribution in [0.3, 0.4) is 0 Å². The van der Waals surface area contributed by atoms with Crippen molar-refractivity contribution in [2.45, 2.75) is 0 Å². The van der Waals surface area contributed by atoms with E-state index in [1.165, 1.54) is 0 Å². The molecule has 1 heterocycles. The molecule has 0 aliphatic heterocycles. The smallest absolute Gasteiger partial charge is 0.197 e. The lowest BCUT2D eigenvalue weighted by Crippen LogP contribution is -2.00. The first-order valence-electron chi connectivity index (χ1n) is 6.46. The van der Waals surface area contributed by atoms with Gasteiger partial charge in [-0.3, -0.25) is 0 Å². The number of benzene rings is 2. The molecule has 0 bridgehead atoms. The molecule has 0 aliphatic carbocycles. The van der Waals surface area contributed by atoms with Crippen molar-refractivity contribution in [3.05, 3.63) is 62.8 Å². The standard InChI is InChI=1S/C16H11BrClN3S/c17-11-5-1-9(2-6-11)14-13(19)15(21-16(22)20-14)10-3-7-12(18)8-4-10/h1-8H,19H2,(H,20,21,22). The van der Waals surface area contributed by atoms with Gasteiger partial charge in [0.1, 0.15) is 0 Å². The van der Waals surface area contributed by atoms with Crippen LogP contribution in [0.5, 0.6) is 0 Å². The Labute approximate surface area is 146 Å². The van der Waals surface area contributed by atoms with E-state index in [1.54, 1.807) is 0 Å². The predicted molar refractivity (Wildman–Crippen MR) is 97.4 cm³/mol. The second-order valence-corrected chi connectivity index (χ2v) is 6.43. The number of nitrogen functional groups attached to an aromatic ring is 1. The average Bonchev–Trinajstić information content (AvgIpc) is 2.51. The van der Waals surface area contributed by atoms with E-state index in [2.05, 4.69) is 25.9 Å². The van der Waals surface area contributed by atoms with E-state index >= 15 is 0 Å². The molecule has 0 unspecified atom stereocenters. The monoisotopic (exact) mass is 391 g/mol. The molecule has 0 saturated carbocycles. The van der Waals surface area contributed by atoms with Crippen LogP contribution in [0, 0.1) is 4.77 Å². The van der Waals surface area contributed by atoms with Gasteiger partial charge in [0.25, 0.3) is 0 Å². The Morgan fingerprint density at radius 1 is 1.00 bits per heavy atom. The molecule has 3 nitrogen and oxygen atoms in total. The number of nitrogens with zero attached hydrogens (tertiary/aromatic N) is 1. The first-order chi connectivity index (χ1) is 10.5. The second-order valence-electron chi connectivity index (χ2n) is 4.69. The predicted octanol–water partition coefficient (Wildman–Crippen LogP) is 5.47. The van der Waals surface area contributed by atoms with Gasteiger partial charge < -0.3 is 10.7 Å². The Morgan fingerprint density at radius 3 is 2.23 bits per heavy atom. The quantitative estimate of drug-likeness (QED) is 0.568. The molecule has 3 aromatic rings. The third-order valence-corrected chi connectivity index (χ3v) is 4.19. The zero-order valence-electron chi connectivity index (χ0n) is 11.3. The Morgan fingerprint density at radius 2 is 1.59 bits per heavy atom. The van der Waals surface area contributed by atoms with Gasteiger partial charge >= 0.3 is 0 Å². The van der Waals surface area contributed by atoms with E-state index in [0.29, 0.717) is 21.2 Å². The maximum atomic E-state index is 6.31. The molecule has 6 heteroatoms. The number of anilines is 1. The van der Waals surface area contributed by atoms with Crippen molar-refractivity contribution < 1.29 is 0 Å². The molecule has 0 amide bonds. The lowest BCUT2D eigenvalue weighted by molar-refractivity contribution is 1.15. The first-order valence-corrected chi connectivity index (χ1v) is 8.04. The minimum absolute atomic E-state index is 0.386. The molecule has 0 saturated heterocycles. The van der Waals surface area contributed by atoms with Gasteiger partial charge in [-0.2, -0.15) is 0 Å². The van der Waals surface area contributed by atoms with Crippen LogP contribution in [0.25, 0.3) is 22.5 Å². The third kappa shape index (κ3) is 3.06. The van der Waals surface area contributed by atoms with Crippen LogP contribution in [-0.2, 0) is 0 Å². The molecule has 0 radical (unpaired) electrons. The van der Waals surface area contributed by atoms with Crippen molar-refractivity contribution in [2.75, 3.05) is 5.73 Å². The SMILES string of the molecule is Nc1c(-c2ccc(Br)cc2)nc(=S)[nH]c1-c1ccc(Cl)cc1. The zero-order chi connectivity index (χ0) is 15.7. The third-order valence-electron chi connectivity index (χ3n) is 3.22. The zero-order valence-corrected chi connectivity index (χ0v) is 14.5. The largest absolute Gasteiger partial charge is 0.395 e. The molecule has 0 fully saturated rings. The van der Waals surface area contributed by atoms with E-state index in [-0.39, 0.29) is 0 Å². The fourth-order valence-corrected chi connectivity index (χ4v) is 2.74. The lowest BCUT2D eigenvalue weighted by atomic mass is 10.1. The Balaban J connectivity index is 2.19. The topological polar surface area (TPSA) is 54.7 Å². The molecule has 22 heavy (non-hydrogen) atoms. The number of halogens is 2. The summed E-state index contributed by atoms with van der Waals surface area (Å²) in [5, 5.41) is 0.670. The number of nitrogens with two attached hydrogens (primary N) is 1. The van der Waals surface area contributed by atoms with Crippen molar-refractivity contribution in [3.8, 4) is 22.5 Å². The highest BCUT2D eigenvalue weighted by Crippen LogP contribution is 2.32. The van der Waals surface area contributed by atoms with Crippen LogP contribution in [0.1, 0.15) is 0 Å². The summed E-state index contributed by atoms with van der Waals surface area (Å²) < 4.78 is 1.38. The molecule has 110 valence electrons. The molecular weight excluding hydrogens is 382 g/mol. The number of nitrogens with one attached hydrogen (secondary N) is 1. The number of hydrogen-bond donors (Lipinski definition) is 2. The highest BCUT2D eigenvalue weighted by Gasteiger charge is 2.12. The van der Waals surface area contributed by atoms with Crippen molar-refractivity contribution in [1.82, 2.24) is 9.97 Å². The van der Waals surface area contributed by atoms with Crippen molar-refractivity contribution in [1.29, 1.82) is 0 Å². The maximum Gasteiger partial charge on any atom is 0.197 e.